The van der Waals surface area contributed by atoms with Crippen molar-refractivity contribution in [1.82, 2.24) is 34.7 Å². The van der Waals surface area contributed by atoms with Crippen molar-refractivity contribution >= 4 is 46.0 Å². The molecule has 6 rings (SSSR count). The van der Waals surface area contributed by atoms with Gasteiger partial charge in [-0.15, -0.1) is 0 Å². The second kappa shape index (κ2) is 11.2. The van der Waals surface area contributed by atoms with Crippen molar-refractivity contribution in [1.29, 1.82) is 0 Å². The minimum Gasteiger partial charge on any atom is -0.364 e. The van der Waals surface area contributed by atoms with E-state index in [1.807, 2.05) is 13.0 Å². The van der Waals surface area contributed by atoms with Crippen LogP contribution in [0.2, 0.25) is 5.02 Å². The predicted molar refractivity (Wildman–Crippen MR) is 156 cm³/mol. The number of nitrogens with one attached hydrogen (secondary N) is 1. The summed E-state index contributed by atoms with van der Waals surface area (Å²) in [5, 5.41) is 20.0. The van der Waals surface area contributed by atoms with Crippen LogP contribution in [0, 0.1) is 6.92 Å². The molecular weight excluding hydrogens is 577 g/mol. The maximum absolute atomic E-state index is 14.7. The van der Waals surface area contributed by atoms with Gasteiger partial charge in [0.25, 0.3) is 5.91 Å². The molecule has 1 aliphatic rings. The van der Waals surface area contributed by atoms with Gasteiger partial charge in [-0.3, -0.25) is 19.1 Å². The lowest BCUT2D eigenvalue weighted by molar-refractivity contribution is -0.137. The lowest BCUT2D eigenvalue weighted by atomic mass is 10.0. The summed E-state index contributed by atoms with van der Waals surface area (Å²) in [5.74, 6) is -1.53. The molecule has 3 amide bonds. The van der Waals surface area contributed by atoms with Crippen LogP contribution in [0.25, 0.3) is 27.7 Å². The quantitative estimate of drug-likeness (QED) is 0.290. The Hall–Kier alpha value is -5.17. The second-order valence-corrected chi connectivity index (χ2v) is 10.6. The van der Waals surface area contributed by atoms with E-state index in [1.54, 1.807) is 54.9 Å². The van der Waals surface area contributed by atoms with Crippen LogP contribution in [0.3, 0.4) is 0 Å². The number of benzene rings is 2. The summed E-state index contributed by atoms with van der Waals surface area (Å²) in [6.45, 7) is 1.27. The van der Waals surface area contributed by atoms with Crippen LogP contribution >= 0.6 is 11.6 Å². The fourth-order valence-corrected chi connectivity index (χ4v) is 5.35. The molecule has 1 fully saturated rings. The van der Waals surface area contributed by atoms with E-state index in [4.69, 9.17) is 17.3 Å². The predicted octanol–water partition coefficient (Wildman–Crippen LogP) is 3.32. The molecule has 0 aliphatic carbocycles. The summed E-state index contributed by atoms with van der Waals surface area (Å²) in [4.78, 5) is 40.3. The largest absolute Gasteiger partial charge is 0.364 e. The van der Waals surface area contributed by atoms with E-state index in [2.05, 4.69) is 25.7 Å². The van der Waals surface area contributed by atoms with Crippen molar-refractivity contribution in [3.63, 3.8) is 0 Å². The Balaban J connectivity index is 1.24. The number of alkyl halides is 1. The van der Waals surface area contributed by atoms with Gasteiger partial charge in [-0.2, -0.15) is 20.4 Å². The third-order valence-corrected chi connectivity index (χ3v) is 7.76. The zero-order valence-corrected chi connectivity index (χ0v) is 23.6. The van der Waals surface area contributed by atoms with Crippen molar-refractivity contribution in [3.8, 4) is 16.8 Å². The molecule has 3 N–H and O–H groups in total. The smallest absolute Gasteiger partial charge is 0.269 e. The first-order valence-electron chi connectivity index (χ1n) is 13.3. The molecule has 2 atom stereocenters. The maximum atomic E-state index is 14.7. The molecule has 43 heavy (non-hydrogen) atoms. The summed E-state index contributed by atoms with van der Waals surface area (Å²) in [7, 11) is 0. The van der Waals surface area contributed by atoms with E-state index in [-0.39, 0.29) is 25.2 Å². The summed E-state index contributed by atoms with van der Waals surface area (Å²) in [6, 6.07) is 12.9. The van der Waals surface area contributed by atoms with Crippen LogP contribution in [0.5, 0.6) is 0 Å². The highest BCUT2D eigenvalue weighted by molar-refractivity contribution is 6.31. The number of halogens is 2. The SMILES string of the molecule is Cc1ccc(-n2nccc2NC(=O)C2CC(F)CN2C(=O)Cn2nc(C(N)=O)c3cc(-c4ccnnc4)ccc32)cc1Cl. The minimum absolute atomic E-state index is 0.0183. The van der Waals surface area contributed by atoms with Crippen LogP contribution in [-0.4, -0.2) is 71.1 Å². The fraction of sp³-hybridized carbons (Fsp3) is 0.207. The third-order valence-electron chi connectivity index (χ3n) is 7.35. The Morgan fingerprint density at radius 2 is 1.91 bits per heavy atom. The number of carbonyl (C=O) groups excluding carboxylic acids is 3. The highest BCUT2D eigenvalue weighted by Crippen LogP contribution is 2.28. The number of hydrogen-bond acceptors (Lipinski definition) is 7. The van der Waals surface area contributed by atoms with Gasteiger partial charge in [0.05, 0.1) is 36.3 Å². The van der Waals surface area contributed by atoms with E-state index in [0.717, 1.165) is 16.7 Å². The van der Waals surface area contributed by atoms with Crippen LogP contribution in [-0.2, 0) is 16.1 Å². The molecule has 1 saturated heterocycles. The van der Waals surface area contributed by atoms with Gasteiger partial charge in [0.1, 0.15) is 24.6 Å². The number of aryl methyl sites for hydroxylation is 1. The average Bonchev–Trinajstić information content (AvgIpc) is 3.72. The van der Waals surface area contributed by atoms with Gasteiger partial charge in [0.2, 0.25) is 11.8 Å². The Morgan fingerprint density at radius 1 is 1.07 bits per heavy atom. The second-order valence-electron chi connectivity index (χ2n) is 10.2. The highest BCUT2D eigenvalue weighted by atomic mass is 35.5. The number of fused-ring (bicyclic) bond motifs is 1. The molecule has 0 spiro atoms. The Morgan fingerprint density at radius 3 is 2.65 bits per heavy atom. The van der Waals surface area contributed by atoms with Gasteiger partial charge >= 0.3 is 0 Å². The Bertz CT molecular complexity index is 1870. The van der Waals surface area contributed by atoms with Crippen molar-refractivity contribution < 1.29 is 18.8 Å². The number of rotatable bonds is 7. The normalized spacial score (nSPS) is 16.5. The Labute approximate surface area is 249 Å². The molecule has 0 saturated carbocycles. The first-order chi connectivity index (χ1) is 20.7. The van der Waals surface area contributed by atoms with Gasteiger partial charge in [0, 0.05) is 28.5 Å². The summed E-state index contributed by atoms with van der Waals surface area (Å²) >= 11 is 6.27. The van der Waals surface area contributed by atoms with Gasteiger partial charge in [-0.05, 0) is 48.4 Å². The topological polar surface area (TPSA) is 154 Å². The molecule has 2 unspecified atom stereocenters. The standard InChI is InChI=1S/C29H25ClFN9O3/c1-16-2-4-20(12-22(16)30)40-25(7-9-35-40)36-29(43)24-11-19(31)14-38(24)26(41)15-39-23-5-3-17(18-6-8-33-34-13-18)10-21(23)27(37-39)28(32)42/h2-10,12-13,19,24H,11,14-15H2,1H3,(H2,32,42)(H,36,43). The molecule has 5 aromatic rings. The van der Waals surface area contributed by atoms with E-state index < -0.39 is 29.9 Å². The van der Waals surface area contributed by atoms with Crippen LogP contribution in [0.15, 0.2) is 67.1 Å². The van der Waals surface area contributed by atoms with Crippen LogP contribution in [0.1, 0.15) is 22.5 Å². The van der Waals surface area contributed by atoms with E-state index in [1.165, 1.54) is 20.5 Å². The molecule has 0 radical (unpaired) electrons. The number of primary amides is 1. The molecule has 0 bridgehead atoms. The van der Waals surface area contributed by atoms with Crippen molar-refractivity contribution in [2.24, 2.45) is 5.73 Å². The maximum Gasteiger partial charge on any atom is 0.269 e. The van der Waals surface area contributed by atoms with Gasteiger partial charge in [0.15, 0.2) is 5.69 Å². The number of nitrogens with two attached hydrogens (primary N) is 1. The number of anilines is 1. The van der Waals surface area contributed by atoms with E-state index >= 15 is 0 Å². The van der Waals surface area contributed by atoms with Crippen molar-refractivity contribution in [2.75, 3.05) is 11.9 Å². The zero-order valence-electron chi connectivity index (χ0n) is 22.8. The fourth-order valence-electron chi connectivity index (χ4n) is 5.18. The minimum atomic E-state index is -1.40. The molecule has 3 aromatic heterocycles. The first-order valence-corrected chi connectivity index (χ1v) is 13.7. The van der Waals surface area contributed by atoms with E-state index in [0.29, 0.717) is 27.4 Å². The lowest BCUT2D eigenvalue weighted by Gasteiger charge is -2.24. The molecular formula is C29H25ClFN9O3. The number of aromatic nitrogens is 6. The molecule has 12 nitrogen and oxygen atoms in total. The highest BCUT2D eigenvalue weighted by Gasteiger charge is 2.40. The monoisotopic (exact) mass is 601 g/mol. The van der Waals surface area contributed by atoms with Crippen LogP contribution in [0.4, 0.5) is 10.2 Å². The molecule has 14 heteroatoms. The van der Waals surface area contributed by atoms with Crippen LogP contribution < -0.4 is 11.1 Å². The van der Waals surface area contributed by atoms with Crippen molar-refractivity contribution in [3.05, 3.63) is 83.4 Å². The van der Waals surface area contributed by atoms with Gasteiger partial charge in [-0.25, -0.2) is 9.07 Å². The summed E-state index contributed by atoms with van der Waals surface area (Å²) in [5.41, 5.74) is 9.08. The third kappa shape index (κ3) is 5.42. The zero-order chi connectivity index (χ0) is 30.2. The number of hydrogen-bond donors (Lipinski definition) is 2. The van der Waals surface area contributed by atoms with Crippen molar-refractivity contribution in [2.45, 2.75) is 32.1 Å². The number of carbonyl (C=O) groups is 3. The van der Waals surface area contributed by atoms with Gasteiger partial charge in [-0.1, -0.05) is 23.7 Å². The Kier molecular flexibility index (Phi) is 7.32. The van der Waals surface area contributed by atoms with Gasteiger partial charge < -0.3 is 16.0 Å². The summed E-state index contributed by atoms with van der Waals surface area (Å²) in [6.07, 6.45) is 3.07. The molecule has 1 aliphatic heterocycles. The molecule has 218 valence electrons. The van der Waals surface area contributed by atoms with E-state index in [9.17, 15) is 18.8 Å². The summed E-state index contributed by atoms with van der Waals surface area (Å²) < 4.78 is 17.5. The molecule has 2 aromatic carbocycles. The first kappa shape index (κ1) is 28.0. The number of likely N-dealkylation sites (tertiary alicyclic amines) is 1. The number of nitrogens with zero attached hydrogens (tertiary/aromatic N) is 7. The average molecular weight is 602 g/mol. The number of amides is 3. The molecule has 4 heterocycles. The lowest BCUT2D eigenvalue weighted by Crippen LogP contribution is -2.44.